The van der Waals surface area contributed by atoms with Crippen LogP contribution in [0.2, 0.25) is 0 Å². The van der Waals surface area contributed by atoms with Gasteiger partial charge < -0.3 is 9.84 Å². The molecule has 19 heavy (non-hydrogen) atoms. The van der Waals surface area contributed by atoms with E-state index in [1.54, 1.807) is 0 Å². The van der Waals surface area contributed by atoms with Gasteiger partial charge in [0.2, 0.25) is 0 Å². The third kappa shape index (κ3) is 6.71. The fourth-order valence-corrected chi connectivity index (χ4v) is 2.02. The van der Waals surface area contributed by atoms with E-state index in [0.29, 0.717) is 13.2 Å². The fraction of sp³-hybridized carbons (Fsp3) is 0.625. The van der Waals surface area contributed by atoms with Crippen LogP contribution in [0.15, 0.2) is 24.3 Å². The van der Waals surface area contributed by atoms with Gasteiger partial charge in [-0.3, -0.25) is 4.90 Å². The Hall–Kier alpha value is -0.900. The van der Waals surface area contributed by atoms with Crippen LogP contribution in [0.1, 0.15) is 30.9 Å². The SMILES string of the molecule is CCCCOCC(O)CN(C)Cc1ccccc1C. The van der Waals surface area contributed by atoms with Crippen molar-refractivity contribution in [1.29, 1.82) is 0 Å². The number of unbranched alkanes of at least 4 members (excludes halogenated alkanes) is 1. The molecule has 1 rings (SSSR count). The third-order valence-electron chi connectivity index (χ3n) is 3.18. The van der Waals surface area contributed by atoms with E-state index in [1.165, 1.54) is 11.1 Å². The number of aliphatic hydroxyl groups excluding tert-OH is 1. The summed E-state index contributed by atoms with van der Waals surface area (Å²) in [7, 11) is 2.03. The van der Waals surface area contributed by atoms with Gasteiger partial charge in [0, 0.05) is 19.7 Å². The quantitative estimate of drug-likeness (QED) is 0.697. The minimum Gasteiger partial charge on any atom is -0.389 e. The Kier molecular flexibility index (Phi) is 7.72. The van der Waals surface area contributed by atoms with Crippen molar-refractivity contribution in [2.24, 2.45) is 0 Å². The summed E-state index contributed by atoms with van der Waals surface area (Å²) in [5, 5.41) is 9.90. The van der Waals surface area contributed by atoms with Crippen LogP contribution in [0.5, 0.6) is 0 Å². The van der Waals surface area contributed by atoms with Gasteiger partial charge in [0.15, 0.2) is 0 Å². The van der Waals surface area contributed by atoms with E-state index >= 15 is 0 Å². The number of likely N-dealkylation sites (N-methyl/N-ethyl adjacent to an activating group) is 1. The van der Waals surface area contributed by atoms with Crippen LogP contribution >= 0.6 is 0 Å². The first-order valence-electron chi connectivity index (χ1n) is 7.12. The van der Waals surface area contributed by atoms with Gasteiger partial charge in [-0.1, -0.05) is 37.6 Å². The zero-order valence-corrected chi connectivity index (χ0v) is 12.4. The van der Waals surface area contributed by atoms with Crippen LogP contribution in [-0.4, -0.2) is 42.9 Å². The molecule has 1 N–H and O–H groups in total. The molecule has 0 fully saturated rings. The maximum absolute atomic E-state index is 9.90. The van der Waals surface area contributed by atoms with E-state index in [1.807, 2.05) is 7.05 Å². The first-order valence-corrected chi connectivity index (χ1v) is 7.12. The molecule has 0 aliphatic carbocycles. The average molecular weight is 265 g/mol. The van der Waals surface area contributed by atoms with E-state index < -0.39 is 6.10 Å². The van der Waals surface area contributed by atoms with Gasteiger partial charge >= 0.3 is 0 Å². The number of benzene rings is 1. The first-order chi connectivity index (χ1) is 9.13. The zero-order valence-electron chi connectivity index (χ0n) is 12.4. The molecule has 1 aromatic carbocycles. The molecule has 1 aromatic rings. The molecule has 0 heterocycles. The first kappa shape index (κ1) is 16.2. The van der Waals surface area contributed by atoms with E-state index in [4.69, 9.17) is 4.74 Å². The standard InChI is InChI=1S/C16H27NO2/c1-4-5-10-19-13-16(18)12-17(3)11-15-9-7-6-8-14(15)2/h6-9,16,18H,4-5,10-13H2,1-3H3. The lowest BCUT2D eigenvalue weighted by atomic mass is 10.1. The molecule has 0 amide bonds. The van der Waals surface area contributed by atoms with Crippen LogP contribution in [0.3, 0.4) is 0 Å². The number of ether oxygens (including phenoxy) is 1. The van der Waals surface area contributed by atoms with Crippen molar-refractivity contribution in [2.45, 2.75) is 39.3 Å². The highest BCUT2D eigenvalue weighted by Crippen LogP contribution is 2.09. The van der Waals surface area contributed by atoms with Gasteiger partial charge in [-0.15, -0.1) is 0 Å². The van der Waals surface area contributed by atoms with Gasteiger partial charge in [0.1, 0.15) is 0 Å². The lowest BCUT2D eigenvalue weighted by molar-refractivity contribution is 0.0188. The molecule has 1 unspecified atom stereocenters. The second-order valence-electron chi connectivity index (χ2n) is 5.21. The van der Waals surface area contributed by atoms with E-state index in [0.717, 1.165) is 26.0 Å². The highest BCUT2D eigenvalue weighted by Gasteiger charge is 2.09. The molecule has 0 bridgehead atoms. The van der Waals surface area contributed by atoms with Crippen molar-refractivity contribution in [2.75, 3.05) is 26.8 Å². The molecule has 1 atom stereocenters. The second-order valence-corrected chi connectivity index (χ2v) is 5.21. The predicted octanol–water partition coefficient (Wildman–Crippen LogP) is 2.60. The highest BCUT2D eigenvalue weighted by molar-refractivity contribution is 5.25. The summed E-state index contributed by atoms with van der Waals surface area (Å²) in [5.41, 5.74) is 2.60. The van der Waals surface area contributed by atoms with Crippen molar-refractivity contribution in [3.8, 4) is 0 Å². The Morgan fingerprint density at radius 2 is 2.05 bits per heavy atom. The van der Waals surface area contributed by atoms with Crippen LogP contribution in [0, 0.1) is 6.92 Å². The Morgan fingerprint density at radius 3 is 2.74 bits per heavy atom. The third-order valence-corrected chi connectivity index (χ3v) is 3.18. The summed E-state index contributed by atoms with van der Waals surface area (Å²) in [5.74, 6) is 0. The lowest BCUT2D eigenvalue weighted by Gasteiger charge is -2.21. The Labute approximate surface area is 117 Å². The van der Waals surface area contributed by atoms with Crippen molar-refractivity contribution in [3.05, 3.63) is 35.4 Å². The topological polar surface area (TPSA) is 32.7 Å². The molecule has 0 aliphatic rings. The summed E-state index contributed by atoms with van der Waals surface area (Å²) in [6.07, 6.45) is 1.78. The molecule has 0 aromatic heterocycles. The number of hydrogen-bond acceptors (Lipinski definition) is 3. The van der Waals surface area contributed by atoms with Crippen LogP contribution in [-0.2, 0) is 11.3 Å². The van der Waals surface area contributed by atoms with Gasteiger partial charge in [-0.2, -0.15) is 0 Å². The molecule has 0 spiro atoms. The minimum absolute atomic E-state index is 0.411. The van der Waals surface area contributed by atoms with E-state index in [2.05, 4.69) is 43.0 Å². The number of nitrogens with zero attached hydrogens (tertiary/aromatic N) is 1. The lowest BCUT2D eigenvalue weighted by Crippen LogP contribution is -2.32. The fourth-order valence-electron chi connectivity index (χ4n) is 2.02. The monoisotopic (exact) mass is 265 g/mol. The van der Waals surface area contributed by atoms with Gasteiger partial charge in [0.25, 0.3) is 0 Å². The number of rotatable bonds is 9. The van der Waals surface area contributed by atoms with Gasteiger partial charge in [-0.25, -0.2) is 0 Å². The smallest absolute Gasteiger partial charge is 0.0900 e. The molecular weight excluding hydrogens is 238 g/mol. The molecule has 3 nitrogen and oxygen atoms in total. The zero-order chi connectivity index (χ0) is 14.1. The normalized spacial score (nSPS) is 12.9. The van der Waals surface area contributed by atoms with Gasteiger partial charge in [-0.05, 0) is 31.5 Å². The van der Waals surface area contributed by atoms with Crippen molar-refractivity contribution < 1.29 is 9.84 Å². The van der Waals surface area contributed by atoms with Crippen LogP contribution in [0.4, 0.5) is 0 Å². The summed E-state index contributed by atoms with van der Waals surface area (Å²) < 4.78 is 5.43. The van der Waals surface area contributed by atoms with E-state index in [-0.39, 0.29) is 0 Å². The molecular formula is C16H27NO2. The Balaban J connectivity index is 2.26. The van der Waals surface area contributed by atoms with Crippen LogP contribution in [0.25, 0.3) is 0 Å². The maximum Gasteiger partial charge on any atom is 0.0900 e. The minimum atomic E-state index is -0.411. The largest absolute Gasteiger partial charge is 0.389 e. The van der Waals surface area contributed by atoms with Gasteiger partial charge in [0.05, 0.1) is 12.7 Å². The summed E-state index contributed by atoms with van der Waals surface area (Å²) >= 11 is 0. The van der Waals surface area contributed by atoms with E-state index in [9.17, 15) is 5.11 Å². The molecule has 0 saturated carbocycles. The average Bonchev–Trinajstić information content (AvgIpc) is 2.37. The second kappa shape index (κ2) is 9.08. The molecule has 108 valence electrons. The Bertz CT molecular complexity index is 354. The predicted molar refractivity (Wildman–Crippen MR) is 79.2 cm³/mol. The van der Waals surface area contributed by atoms with Crippen LogP contribution < -0.4 is 0 Å². The highest BCUT2D eigenvalue weighted by atomic mass is 16.5. The Morgan fingerprint density at radius 1 is 1.32 bits per heavy atom. The molecule has 3 heteroatoms. The molecule has 0 radical (unpaired) electrons. The number of aryl methyl sites for hydroxylation is 1. The maximum atomic E-state index is 9.90. The molecule has 0 saturated heterocycles. The summed E-state index contributed by atoms with van der Waals surface area (Å²) in [6, 6.07) is 8.36. The summed E-state index contributed by atoms with van der Waals surface area (Å²) in [4.78, 5) is 2.14. The summed E-state index contributed by atoms with van der Waals surface area (Å²) in [6.45, 7) is 6.93. The number of aliphatic hydroxyl groups is 1. The number of hydrogen-bond donors (Lipinski definition) is 1. The molecule has 0 aliphatic heterocycles. The van der Waals surface area contributed by atoms with Crippen molar-refractivity contribution in [1.82, 2.24) is 4.90 Å². The van der Waals surface area contributed by atoms with Crippen molar-refractivity contribution in [3.63, 3.8) is 0 Å². The van der Waals surface area contributed by atoms with Crippen molar-refractivity contribution >= 4 is 0 Å².